The molecule has 1 atom stereocenters. The zero-order valence-corrected chi connectivity index (χ0v) is 12.5. The Morgan fingerprint density at radius 1 is 1.33 bits per heavy atom. The Kier molecular flexibility index (Phi) is 5.76. The largest absolute Gasteiger partial charge is 0.384 e. The number of hydrogen-bond donors (Lipinski definition) is 2. The first-order valence-corrected chi connectivity index (χ1v) is 8.41. The van der Waals surface area contributed by atoms with E-state index in [9.17, 15) is 8.42 Å². The molecule has 0 radical (unpaired) electrons. The highest BCUT2D eigenvalue weighted by molar-refractivity contribution is 7.89. The van der Waals surface area contributed by atoms with Crippen LogP contribution in [-0.2, 0) is 14.8 Å². The van der Waals surface area contributed by atoms with E-state index in [1.54, 1.807) is 12.1 Å². The first kappa shape index (κ1) is 16.0. The first-order chi connectivity index (χ1) is 10.1. The van der Waals surface area contributed by atoms with Crippen molar-refractivity contribution in [2.45, 2.75) is 30.3 Å². The van der Waals surface area contributed by atoms with Gasteiger partial charge in [-0.3, -0.25) is 0 Å². The molecule has 1 aromatic rings. The zero-order chi connectivity index (χ0) is 15.1. The van der Waals surface area contributed by atoms with Crippen molar-refractivity contribution in [3.8, 4) is 11.8 Å². The molecular weight excluding hydrogens is 290 g/mol. The molecule has 5 nitrogen and oxygen atoms in total. The minimum Gasteiger partial charge on any atom is -0.384 e. The SMILES string of the molecule is O=S(=O)(NCCC1CCCO1)c1ccc(C#CCO)cc1. The molecule has 0 saturated carbocycles. The average molecular weight is 309 g/mol. The topological polar surface area (TPSA) is 75.6 Å². The van der Waals surface area contributed by atoms with E-state index in [0.717, 1.165) is 19.4 Å². The third kappa shape index (κ3) is 4.83. The Balaban J connectivity index is 1.91. The van der Waals surface area contributed by atoms with E-state index in [0.29, 0.717) is 18.5 Å². The maximum Gasteiger partial charge on any atom is 0.240 e. The van der Waals surface area contributed by atoms with E-state index >= 15 is 0 Å². The van der Waals surface area contributed by atoms with Crippen LogP contribution in [0.4, 0.5) is 0 Å². The van der Waals surface area contributed by atoms with Crippen molar-refractivity contribution in [1.29, 1.82) is 0 Å². The summed E-state index contributed by atoms with van der Waals surface area (Å²) in [5.74, 6) is 5.24. The highest BCUT2D eigenvalue weighted by atomic mass is 32.2. The maximum absolute atomic E-state index is 12.1. The molecule has 1 saturated heterocycles. The van der Waals surface area contributed by atoms with Gasteiger partial charge in [0.2, 0.25) is 10.0 Å². The molecule has 1 heterocycles. The number of rotatable bonds is 5. The first-order valence-electron chi connectivity index (χ1n) is 6.93. The molecule has 2 N–H and O–H groups in total. The second-order valence-corrected chi connectivity index (χ2v) is 6.57. The third-order valence-corrected chi connectivity index (χ3v) is 4.74. The quantitative estimate of drug-likeness (QED) is 0.792. The molecule has 1 fully saturated rings. The predicted molar refractivity (Wildman–Crippen MR) is 79.2 cm³/mol. The van der Waals surface area contributed by atoms with Gasteiger partial charge in [0.15, 0.2) is 0 Å². The number of aliphatic hydroxyl groups is 1. The van der Waals surface area contributed by atoms with Crippen molar-refractivity contribution in [3.05, 3.63) is 29.8 Å². The lowest BCUT2D eigenvalue weighted by atomic mass is 10.2. The van der Waals surface area contributed by atoms with Gasteiger partial charge in [0.25, 0.3) is 0 Å². The van der Waals surface area contributed by atoms with E-state index in [4.69, 9.17) is 9.84 Å². The lowest BCUT2D eigenvalue weighted by Gasteiger charge is -2.10. The van der Waals surface area contributed by atoms with E-state index < -0.39 is 10.0 Å². The molecule has 1 aliphatic rings. The molecule has 0 aromatic heterocycles. The standard InChI is InChI=1S/C15H19NO4S/c17-11-1-3-13-5-7-15(8-6-13)21(18,19)16-10-9-14-4-2-12-20-14/h5-8,14,16-17H,2,4,9-12H2. The summed E-state index contributed by atoms with van der Waals surface area (Å²) in [7, 11) is -3.49. The molecule has 1 aliphatic heterocycles. The lowest BCUT2D eigenvalue weighted by molar-refractivity contribution is 0.105. The van der Waals surface area contributed by atoms with Gasteiger partial charge in [-0.15, -0.1) is 0 Å². The van der Waals surface area contributed by atoms with Crippen LogP contribution in [0.15, 0.2) is 29.2 Å². The van der Waals surface area contributed by atoms with Gasteiger partial charge in [-0.05, 0) is 43.5 Å². The van der Waals surface area contributed by atoms with Gasteiger partial charge in [0.05, 0.1) is 11.0 Å². The molecule has 114 valence electrons. The Morgan fingerprint density at radius 2 is 2.10 bits per heavy atom. The number of sulfonamides is 1. The minimum atomic E-state index is -3.49. The number of hydrogen-bond acceptors (Lipinski definition) is 4. The van der Waals surface area contributed by atoms with Crippen LogP contribution >= 0.6 is 0 Å². The molecule has 6 heteroatoms. The summed E-state index contributed by atoms with van der Waals surface area (Å²) in [5.41, 5.74) is 0.669. The molecule has 0 bridgehead atoms. The van der Waals surface area contributed by atoms with Crippen molar-refractivity contribution in [2.24, 2.45) is 0 Å². The molecular formula is C15H19NO4S. The molecule has 0 aliphatic carbocycles. The average Bonchev–Trinajstić information content (AvgIpc) is 2.98. The Bertz CT molecular complexity index is 607. The Labute approximate surface area is 125 Å². The molecule has 2 rings (SSSR count). The number of benzene rings is 1. The summed E-state index contributed by atoms with van der Waals surface area (Å²) >= 11 is 0. The fraction of sp³-hybridized carbons (Fsp3) is 0.467. The van der Waals surface area contributed by atoms with E-state index in [-0.39, 0.29) is 17.6 Å². The smallest absolute Gasteiger partial charge is 0.240 e. The van der Waals surface area contributed by atoms with Crippen LogP contribution < -0.4 is 4.72 Å². The van der Waals surface area contributed by atoms with Gasteiger partial charge in [0.1, 0.15) is 6.61 Å². The second kappa shape index (κ2) is 7.57. The van der Waals surface area contributed by atoms with Crippen LogP contribution in [0, 0.1) is 11.8 Å². The summed E-state index contributed by atoms with van der Waals surface area (Å²) in [6.07, 6.45) is 2.91. The molecule has 0 spiro atoms. The maximum atomic E-state index is 12.1. The number of nitrogens with one attached hydrogen (secondary N) is 1. The summed E-state index contributed by atoms with van der Waals surface area (Å²) in [5, 5.41) is 8.61. The van der Waals surface area contributed by atoms with Gasteiger partial charge in [-0.1, -0.05) is 11.8 Å². The summed E-state index contributed by atoms with van der Waals surface area (Å²) < 4.78 is 32.2. The van der Waals surface area contributed by atoms with Gasteiger partial charge >= 0.3 is 0 Å². The van der Waals surface area contributed by atoms with Gasteiger partial charge in [-0.2, -0.15) is 0 Å². The fourth-order valence-corrected chi connectivity index (χ4v) is 3.22. The monoisotopic (exact) mass is 309 g/mol. The van der Waals surface area contributed by atoms with Crippen LogP contribution in [0.2, 0.25) is 0 Å². The Morgan fingerprint density at radius 3 is 2.71 bits per heavy atom. The van der Waals surface area contributed by atoms with E-state index in [1.165, 1.54) is 12.1 Å². The minimum absolute atomic E-state index is 0.170. The van der Waals surface area contributed by atoms with Crippen molar-refractivity contribution < 1.29 is 18.3 Å². The van der Waals surface area contributed by atoms with Crippen molar-refractivity contribution >= 4 is 10.0 Å². The van der Waals surface area contributed by atoms with Crippen molar-refractivity contribution in [1.82, 2.24) is 4.72 Å². The molecule has 0 amide bonds. The second-order valence-electron chi connectivity index (χ2n) is 4.81. The van der Waals surface area contributed by atoms with E-state index in [1.807, 2.05) is 0 Å². The molecule has 1 unspecified atom stereocenters. The van der Waals surface area contributed by atoms with E-state index in [2.05, 4.69) is 16.6 Å². The van der Waals surface area contributed by atoms with Crippen molar-refractivity contribution in [3.63, 3.8) is 0 Å². The van der Waals surface area contributed by atoms with Crippen LogP contribution in [0.3, 0.4) is 0 Å². The molecule has 1 aromatic carbocycles. The van der Waals surface area contributed by atoms with Crippen LogP contribution in [-0.4, -0.2) is 39.4 Å². The normalized spacial score (nSPS) is 18.2. The highest BCUT2D eigenvalue weighted by Crippen LogP contribution is 2.15. The fourth-order valence-electron chi connectivity index (χ4n) is 2.17. The van der Waals surface area contributed by atoms with Crippen LogP contribution in [0.1, 0.15) is 24.8 Å². The zero-order valence-electron chi connectivity index (χ0n) is 11.7. The van der Waals surface area contributed by atoms with Gasteiger partial charge in [-0.25, -0.2) is 13.1 Å². The van der Waals surface area contributed by atoms with Gasteiger partial charge < -0.3 is 9.84 Å². The summed E-state index contributed by atoms with van der Waals surface area (Å²) in [6.45, 7) is 0.928. The number of aliphatic hydroxyl groups excluding tert-OH is 1. The van der Waals surface area contributed by atoms with Gasteiger partial charge in [0, 0.05) is 18.7 Å². The lowest BCUT2D eigenvalue weighted by Crippen LogP contribution is -2.27. The summed E-state index contributed by atoms with van der Waals surface area (Å²) in [6, 6.07) is 6.26. The highest BCUT2D eigenvalue weighted by Gasteiger charge is 2.17. The summed E-state index contributed by atoms with van der Waals surface area (Å²) in [4.78, 5) is 0.212. The predicted octanol–water partition coefficient (Wildman–Crippen LogP) is 0.878. The third-order valence-electron chi connectivity index (χ3n) is 3.26. The molecule has 21 heavy (non-hydrogen) atoms. The Hall–Kier alpha value is -1.39. The van der Waals surface area contributed by atoms with Crippen LogP contribution in [0.25, 0.3) is 0 Å². The van der Waals surface area contributed by atoms with Crippen molar-refractivity contribution in [2.75, 3.05) is 19.8 Å². The van der Waals surface area contributed by atoms with Crippen LogP contribution in [0.5, 0.6) is 0 Å². The number of ether oxygens (including phenoxy) is 1.